The second kappa shape index (κ2) is 6.51. The third-order valence-electron chi connectivity index (χ3n) is 2.70. The molecule has 96 valence electrons. The van der Waals surface area contributed by atoms with Crippen LogP contribution in [0.25, 0.3) is 0 Å². The summed E-state index contributed by atoms with van der Waals surface area (Å²) in [6.07, 6.45) is 0.832. The van der Waals surface area contributed by atoms with Crippen LogP contribution in [0.15, 0.2) is 0 Å². The highest BCUT2D eigenvalue weighted by atomic mass is 32.2. The fourth-order valence-corrected chi connectivity index (χ4v) is 3.06. The third-order valence-corrected chi connectivity index (χ3v) is 4.68. The van der Waals surface area contributed by atoms with Crippen molar-refractivity contribution < 1.29 is 8.42 Å². The van der Waals surface area contributed by atoms with Crippen molar-refractivity contribution in [1.29, 1.82) is 0 Å². The molecule has 2 N–H and O–H groups in total. The minimum atomic E-state index is -3.24. The molecule has 0 amide bonds. The van der Waals surface area contributed by atoms with Gasteiger partial charge >= 0.3 is 0 Å². The van der Waals surface area contributed by atoms with Gasteiger partial charge in [0.25, 0.3) is 10.2 Å². The van der Waals surface area contributed by atoms with Gasteiger partial charge in [-0.15, -0.1) is 0 Å². The molecule has 1 aliphatic heterocycles. The Bertz CT molecular complexity index is 288. The molecule has 0 spiro atoms. The standard InChI is InChI=1S/C9H22N4O2S/c1-10-4-3-7-12(2)16(14,15)13-8-5-11-6-9-13/h10-11H,3-9H2,1-2H3. The highest BCUT2D eigenvalue weighted by Crippen LogP contribution is 2.07. The molecule has 7 heteroatoms. The summed E-state index contributed by atoms with van der Waals surface area (Å²) in [7, 11) is 0.268. The molecule has 0 aliphatic carbocycles. The van der Waals surface area contributed by atoms with Crippen LogP contribution in [0.1, 0.15) is 6.42 Å². The first-order chi connectivity index (χ1) is 7.59. The topological polar surface area (TPSA) is 64.7 Å². The molecule has 0 aromatic rings. The van der Waals surface area contributed by atoms with E-state index in [9.17, 15) is 8.42 Å². The van der Waals surface area contributed by atoms with E-state index in [1.807, 2.05) is 7.05 Å². The molecule has 0 bridgehead atoms. The van der Waals surface area contributed by atoms with Gasteiger partial charge in [-0.3, -0.25) is 0 Å². The summed E-state index contributed by atoms with van der Waals surface area (Å²) in [6.45, 7) is 4.01. The predicted octanol–water partition coefficient (Wildman–Crippen LogP) is -1.32. The lowest BCUT2D eigenvalue weighted by molar-refractivity contribution is 0.325. The van der Waals surface area contributed by atoms with Crippen molar-refractivity contribution >= 4 is 10.2 Å². The Labute approximate surface area is 98.2 Å². The molecule has 1 aliphatic rings. The van der Waals surface area contributed by atoms with E-state index in [-0.39, 0.29) is 0 Å². The highest BCUT2D eigenvalue weighted by Gasteiger charge is 2.27. The van der Waals surface area contributed by atoms with Crippen LogP contribution in [-0.4, -0.2) is 70.4 Å². The number of nitrogens with one attached hydrogen (secondary N) is 2. The van der Waals surface area contributed by atoms with E-state index in [2.05, 4.69) is 10.6 Å². The van der Waals surface area contributed by atoms with Crippen LogP contribution < -0.4 is 10.6 Å². The quantitative estimate of drug-likeness (QED) is 0.574. The average molecular weight is 250 g/mol. The summed E-state index contributed by atoms with van der Waals surface area (Å²) in [5.41, 5.74) is 0. The molecule has 16 heavy (non-hydrogen) atoms. The summed E-state index contributed by atoms with van der Waals surface area (Å²) < 4.78 is 27.2. The summed E-state index contributed by atoms with van der Waals surface area (Å²) in [5.74, 6) is 0. The van der Waals surface area contributed by atoms with Gasteiger partial charge in [0.1, 0.15) is 0 Å². The Morgan fingerprint density at radius 2 is 2.00 bits per heavy atom. The minimum absolute atomic E-state index is 0.563. The van der Waals surface area contributed by atoms with Crippen LogP contribution in [-0.2, 0) is 10.2 Å². The molecule has 0 saturated carbocycles. The van der Waals surface area contributed by atoms with Gasteiger partial charge in [-0.05, 0) is 20.0 Å². The normalized spacial score (nSPS) is 19.2. The van der Waals surface area contributed by atoms with Crippen molar-refractivity contribution in [3.8, 4) is 0 Å². The van der Waals surface area contributed by atoms with Gasteiger partial charge in [0.05, 0.1) is 0 Å². The van der Waals surface area contributed by atoms with Gasteiger partial charge in [-0.25, -0.2) is 0 Å². The average Bonchev–Trinajstić information content (AvgIpc) is 2.30. The zero-order chi connectivity index (χ0) is 12.0. The summed E-state index contributed by atoms with van der Waals surface area (Å²) >= 11 is 0. The number of rotatable bonds is 6. The lowest BCUT2D eigenvalue weighted by Crippen LogP contribution is -2.51. The predicted molar refractivity (Wildman–Crippen MR) is 64.5 cm³/mol. The lowest BCUT2D eigenvalue weighted by Gasteiger charge is -2.30. The number of hydrogen-bond acceptors (Lipinski definition) is 4. The van der Waals surface area contributed by atoms with Gasteiger partial charge in [0, 0.05) is 39.8 Å². The van der Waals surface area contributed by atoms with Crippen molar-refractivity contribution in [2.24, 2.45) is 0 Å². The third kappa shape index (κ3) is 3.67. The van der Waals surface area contributed by atoms with E-state index in [0.717, 1.165) is 26.1 Å². The van der Waals surface area contributed by atoms with E-state index in [1.54, 1.807) is 11.4 Å². The molecule has 1 fully saturated rings. The second-order valence-corrected chi connectivity index (χ2v) is 5.97. The van der Waals surface area contributed by atoms with E-state index >= 15 is 0 Å². The molecule has 1 heterocycles. The van der Waals surface area contributed by atoms with Crippen LogP contribution in [0.2, 0.25) is 0 Å². The largest absolute Gasteiger partial charge is 0.320 e. The Morgan fingerprint density at radius 1 is 1.38 bits per heavy atom. The van der Waals surface area contributed by atoms with E-state index < -0.39 is 10.2 Å². The van der Waals surface area contributed by atoms with Crippen LogP contribution in [0.4, 0.5) is 0 Å². The molecule has 1 saturated heterocycles. The van der Waals surface area contributed by atoms with Crippen LogP contribution in [0.3, 0.4) is 0 Å². The molecule has 0 unspecified atom stereocenters. The molecule has 1 rings (SSSR count). The van der Waals surface area contributed by atoms with Crippen molar-refractivity contribution in [3.63, 3.8) is 0 Å². The molecule has 6 nitrogen and oxygen atoms in total. The maximum Gasteiger partial charge on any atom is 0.281 e. The van der Waals surface area contributed by atoms with Gasteiger partial charge in [-0.2, -0.15) is 17.0 Å². The summed E-state index contributed by atoms with van der Waals surface area (Å²) in [6, 6.07) is 0. The SMILES string of the molecule is CNCCCN(C)S(=O)(=O)N1CCNCC1. The Kier molecular flexibility index (Phi) is 5.63. The maximum absolute atomic E-state index is 12.1. The Hall–Kier alpha value is -0.210. The first-order valence-corrected chi connectivity index (χ1v) is 7.05. The van der Waals surface area contributed by atoms with Crippen molar-refractivity contribution in [2.75, 3.05) is 53.4 Å². The van der Waals surface area contributed by atoms with Crippen molar-refractivity contribution in [2.45, 2.75) is 6.42 Å². The lowest BCUT2D eigenvalue weighted by atomic mass is 10.4. The number of nitrogens with zero attached hydrogens (tertiary/aromatic N) is 2. The monoisotopic (exact) mass is 250 g/mol. The molecule has 0 aromatic heterocycles. The molecule has 0 radical (unpaired) electrons. The van der Waals surface area contributed by atoms with Crippen LogP contribution in [0, 0.1) is 0 Å². The fraction of sp³-hybridized carbons (Fsp3) is 1.00. The Morgan fingerprint density at radius 3 is 2.56 bits per heavy atom. The smallest absolute Gasteiger partial charge is 0.281 e. The summed E-state index contributed by atoms with van der Waals surface area (Å²) in [5, 5.41) is 6.15. The summed E-state index contributed by atoms with van der Waals surface area (Å²) in [4.78, 5) is 0. The zero-order valence-corrected chi connectivity index (χ0v) is 10.9. The number of piperazine rings is 1. The van der Waals surface area contributed by atoms with E-state index in [0.29, 0.717) is 19.6 Å². The molecule has 0 aromatic carbocycles. The molecular weight excluding hydrogens is 228 g/mol. The highest BCUT2D eigenvalue weighted by molar-refractivity contribution is 7.86. The fourth-order valence-electron chi connectivity index (χ4n) is 1.67. The van der Waals surface area contributed by atoms with Crippen molar-refractivity contribution in [1.82, 2.24) is 19.2 Å². The zero-order valence-electron chi connectivity index (χ0n) is 10.1. The first kappa shape index (κ1) is 13.9. The van der Waals surface area contributed by atoms with Crippen LogP contribution in [0.5, 0.6) is 0 Å². The minimum Gasteiger partial charge on any atom is -0.320 e. The van der Waals surface area contributed by atoms with Crippen LogP contribution >= 0.6 is 0 Å². The second-order valence-electron chi connectivity index (χ2n) is 3.94. The first-order valence-electron chi connectivity index (χ1n) is 5.66. The van der Waals surface area contributed by atoms with E-state index in [1.165, 1.54) is 4.31 Å². The van der Waals surface area contributed by atoms with Gasteiger partial charge in [0.15, 0.2) is 0 Å². The maximum atomic E-state index is 12.1. The van der Waals surface area contributed by atoms with Crippen molar-refractivity contribution in [3.05, 3.63) is 0 Å². The molecular formula is C9H22N4O2S. The number of hydrogen-bond donors (Lipinski definition) is 2. The van der Waals surface area contributed by atoms with Gasteiger partial charge in [0.2, 0.25) is 0 Å². The Balaban J connectivity index is 2.47. The van der Waals surface area contributed by atoms with Gasteiger partial charge in [-0.1, -0.05) is 0 Å². The molecule has 0 atom stereocenters. The van der Waals surface area contributed by atoms with E-state index in [4.69, 9.17) is 0 Å². The van der Waals surface area contributed by atoms with Gasteiger partial charge < -0.3 is 10.6 Å².